The molecule has 1 amide bonds. The lowest BCUT2D eigenvalue weighted by Crippen LogP contribution is -2.28. The van der Waals surface area contributed by atoms with E-state index < -0.39 is 6.10 Å². The van der Waals surface area contributed by atoms with Gasteiger partial charge in [-0.05, 0) is 30.3 Å². The largest absolute Gasteiger partial charge is 0.391 e. The predicted octanol–water partition coefficient (Wildman–Crippen LogP) is 1.55. The molecular formula is C19H23FN4O2. The summed E-state index contributed by atoms with van der Waals surface area (Å²) in [4.78, 5) is 24.3. The number of halogens is 1. The van der Waals surface area contributed by atoms with Crippen molar-refractivity contribution in [2.75, 3.05) is 27.2 Å². The maximum absolute atomic E-state index is 13.1. The summed E-state index contributed by atoms with van der Waals surface area (Å²) in [5.74, 6) is 0.204. The first-order chi connectivity index (χ1) is 12.4. The highest BCUT2D eigenvalue weighted by Crippen LogP contribution is 2.23. The average Bonchev–Trinajstić information content (AvgIpc) is 2.94. The number of hydrogen-bond acceptors (Lipinski definition) is 5. The van der Waals surface area contributed by atoms with Crippen LogP contribution in [0, 0.1) is 11.7 Å². The van der Waals surface area contributed by atoms with Crippen LogP contribution >= 0.6 is 0 Å². The number of aromatic nitrogens is 2. The zero-order valence-corrected chi connectivity index (χ0v) is 15.0. The highest BCUT2D eigenvalue weighted by molar-refractivity contribution is 5.75. The Morgan fingerprint density at radius 3 is 2.69 bits per heavy atom. The molecule has 2 atom stereocenters. The SMILES string of the molecule is CN(C)C(=O)C[C@@H]1CN(Cc2ccnc(-c3ccc(F)cc3)n2)C[C@H]1O. The molecule has 138 valence electrons. The summed E-state index contributed by atoms with van der Waals surface area (Å²) < 4.78 is 13.1. The first-order valence-electron chi connectivity index (χ1n) is 8.61. The van der Waals surface area contributed by atoms with Crippen molar-refractivity contribution < 1.29 is 14.3 Å². The smallest absolute Gasteiger partial charge is 0.222 e. The van der Waals surface area contributed by atoms with Crippen molar-refractivity contribution in [3.8, 4) is 11.4 Å². The van der Waals surface area contributed by atoms with E-state index in [1.54, 1.807) is 37.3 Å². The molecule has 1 aliphatic rings. The highest BCUT2D eigenvalue weighted by atomic mass is 19.1. The molecule has 6 nitrogen and oxygen atoms in total. The maximum Gasteiger partial charge on any atom is 0.222 e. The Kier molecular flexibility index (Phi) is 5.58. The fourth-order valence-corrected chi connectivity index (χ4v) is 3.13. The van der Waals surface area contributed by atoms with Gasteiger partial charge in [-0.3, -0.25) is 9.69 Å². The van der Waals surface area contributed by atoms with Gasteiger partial charge in [0.15, 0.2) is 5.82 Å². The van der Waals surface area contributed by atoms with Crippen molar-refractivity contribution in [3.05, 3.63) is 48.0 Å². The molecule has 0 radical (unpaired) electrons. The molecule has 2 aromatic rings. The molecule has 0 spiro atoms. The van der Waals surface area contributed by atoms with Crippen LogP contribution in [0.3, 0.4) is 0 Å². The Hall–Kier alpha value is -2.38. The first-order valence-corrected chi connectivity index (χ1v) is 8.61. The Balaban J connectivity index is 1.65. The topological polar surface area (TPSA) is 69.6 Å². The van der Waals surface area contributed by atoms with Gasteiger partial charge in [0.2, 0.25) is 5.91 Å². The van der Waals surface area contributed by atoms with Crippen LogP contribution in [-0.4, -0.2) is 64.1 Å². The van der Waals surface area contributed by atoms with E-state index in [4.69, 9.17) is 0 Å². The molecule has 0 unspecified atom stereocenters. The van der Waals surface area contributed by atoms with Gasteiger partial charge in [-0.2, -0.15) is 0 Å². The molecule has 0 aliphatic carbocycles. The van der Waals surface area contributed by atoms with Gasteiger partial charge in [-0.15, -0.1) is 0 Å². The van der Waals surface area contributed by atoms with E-state index in [-0.39, 0.29) is 17.6 Å². The summed E-state index contributed by atoms with van der Waals surface area (Å²) in [6, 6.07) is 7.90. The summed E-state index contributed by atoms with van der Waals surface area (Å²) in [5.41, 5.74) is 1.58. The Morgan fingerprint density at radius 2 is 2.00 bits per heavy atom. The van der Waals surface area contributed by atoms with Crippen molar-refractivity contribution in [3.63, 3.8) is 0 Å². The van der Waals surface area contributed by atoms with Crippen LogP contribution < -0.4 is 0 Å². The number of nitrogens with zero attached hydrogens (tertiary/aromatic N) is 4. The molecule has 1 aromatic heterocycles. The van der Waals surface area contributed by atoms with Crippen LogP contribution in [0.5, 0.6) is 0 Å². The molecule has 1 saturated heterocycles. The molecule has 0 bridgehead atoms. The molecular weight excluding hydrogens is 335 g/mol. The van der Waals surface area contributed by atoms with Crippen molar-refractivity contribution >= 4 is 5.91 Å². The second-order valence-electron chi connectivity index (χ2n) is 6.89. The third-order valence-electron chi connectivity index (χ3n) is 4.62. The number of aliphatic hydroxyl groups is 1. The summed E-state index contributed by atoms with van der Waals surface area (Å²) in [6.07, 6.45) is 1.51. The van der Waals surface area contributed by atoms with Crippen LogP contribution in [-0.2, 0) is 11.3 Å². The molecule has 2 heterocycles. The lowest BCUT2D eigenvalue weighted by Gasteiger charge is -2.17. The molecule has 0 saturated carbocycles. The number of rotatable bonds is 5. The maximum atomic E-state index is 13.1. The minimum absolute atomic E-state index is 0.0246. The zero-order chi connectivity index (χ0) is 18.7. The Labute approximate surface area is 152 Å². The number of β-amino-alcohol motifs (C(OH)–C–C–N with tert-alkyl or cyclic N) is 1. The third kappa shape index (κ3) is 4.42. The van der Waals surface area contributed by atoms with Crippen LogP contribution in [0.25, 0.3) is 11.4 Å². The number of carbonyl (C=O) groups is 1. The van der Waals surface area contributed by atoms with Crippen LogP contribution in [0.4, 0.5) is 4.39 Å². The summed E-state index contributed by atoms with van der Waals surface area (Å²) >= 11 is 0. The number of aliphatic hydroxyl groups excluding tert-OH is 1. The predicted molar refractivity (Wildman–Crippen MR) is 95.5 cm³/mol. The van der Waals surface area contributed by atoms with Gasteiger partial charge in [0.25, 0.3) is 0 Å². The number of amides is 1. The van der Waals surface area contributed by atoms with Gasteiger partial charge in [-0.25, -0.2) is 14.4 Å². The van der Waals surface area contributed by atoms with E-state index in [1.165, 1.54) is 12.1 Å². The van der Waals surface area contributed by atoms with E-state index in [2.05, 4.69) is 14.9 Å². The third-order valence-corrected chi connectivity index (χ3v) is 4.62. The zero-order valence-electron chi connectivity index (χ0n) is 15.0. The standard InChI is InChI=1S/C19H23FN4O2/c1-23(2)18(26)9-14-10-24(12-17(14)25)11-16-7-8-21-19(22-16)13-3-5-15(20)6-4-13/h3-8,14,17,25H,9-12H2,1-2H3/t14-,17-/m1/s1. The molecule has 7 heteroatoms. The van der Waals surface area contributed by atoms with Gasteiger partial charge >= 0.3 is 0 Å². The van der Waals surface area contributed by atoms with Gasteiger partial charge in [0, 0.05) is 57.8 Å². The van der Waals surface area contributed by atoms with Gasteiger partial charge in [0.05, 0.1) is 11.8 Å². The summed E-state index contributed by atoms with van der Waals surface area (Å²) in [6.45, 7) is 1.73. The van der Waals surface area contributed by atoms with Crippen LogP contribution in [0.2, 0.25) is 0 Å². The van der Waals surface area contributed by atoms with Gasteiger partial charge in [0.1, 0.15) is 5.82 Å². The molecule has 1 N–H and O–H groups in total. The quantitative estimate of drug-likeness (QED) is 0.878. The van der Waals surface area contributed by atoms with E-state index in [1.807, 2.05) is 6.07 Å². The first kappa shape index (κ1) is 18.4. The fourth-order valence-electron chi connectivity index (χ4n) is 3.13. The summed E-state index contributed by atoms with van der Waals surface area (Å²) in [7, 11) is 3.44. The lowest BCUT2D eigenvalue weighted by atomic mass is 10.0. The number of hydrogen-bond donors (Lipinski definition) is 1. The average molecular weight is 358 g/mol. The second kappa shape index (κ2) is 7.88. The van der Waals surface area contributed by atoms with E-state index in [9.17, 15) is 14.3 Å². The minimum atomic E-state index is -0.516. The summed E-state index contributed by atoms with van der Waals surface area (Å²) in [5, 5.41) is 10.2. The van der Waals surface area contributed by atoms with Crippen molar-refractivity contribution in [1.29, 1.82) is 0 Å². The minimum Gasteiger partial charge on any atom is -0.391 e. The number of carbonyl (C=O) groups excluding carboxylic acids is 1. The second-order valence-corrected chi connectivity index (χ2v) is 6.89. The fraction of sp³-hybridized carbons (Fsp3) is 0.421. The van der Waals surface area contributed by atoms with Crippen LogP contribution in [0.1, 0.15) is 12.1 Å². The monoisotopic (exact) mass is 358 g/mol. The molecule has 3 rings (SSSR count). The number of benzene rings is 1. The van der Waals surface area contributed by atoms with Crippen molar-refractivity contribution in [2.45, 2.75) is 19.1 Å². The lowest BCUT2D eigenvalue weighted by molar-refractivity contribution is -0.130. The number of likely N-dealkylation sites (tertiary alicyclic amines) is 1. The van der Waals surface area contributed by atoms with E-state index in [0.29, 0.717) is 31.9 Å². The van der Waals surface area contributed by atoms with Gasteiger partial charge in [-0.1, -0.05) is 0 Å². The Bertz CT molecular complexity index is 766. The molecule has 1 fully saturated rings. The van der Waals surface area contributed by atoms with Crippen molar-refractivity contribution in [1.82, 2.24) is 19.8 Å². The Morgan fingerprint density at radius 1 is 1.27 bits per heavy atom. The van der Waals surface area contributed by atoms with Crippen LogP contribution in [0.15, 0.2) is 36.5 Å². The van der Waals surface area contributed by atoms with Crippen molar-refractivity contribution in [2.24, 2.45) is 5.92 Å². The molecule has 1 aromatic carbocycles. The molecule has 26 heavy (non-hydrogen) atoms. The normalized spacial score (nSPS) is 20.3. The van der Waals surface area contributed by atoms with E-state index >= 15 is 0 Å². The highest BCUT2D eigenvalue weighted by Gasteiger charge is 2.33. The molecule has 1 aliphatic heterocycles. The van der Waals surface area contributed by atoms with Gasteiger partial charge < -0.3 is 10.0 Å². The van der Waals surface area contributed by atoms with E-state index in [0.717, 1.165) is 11.3 Å².